The van der Waals surface area contributed by atoms with E-state index in [1.807, 2.05) is 29.0 Å². The van der Waals surface area contributed by atoms with Gasteiger partial charge in [0.2, 0.25) is 0 Å². The Labute approximate surface area is 163 Å². The third-order valence-corrected chi connectivity index (χ3v) is 5.15. The monoisotopic (exact) mass is 454 g/mol. The molecule has 0 saturated heterocycles. The van der Waals surface area contributed by atoms with Crippen LogP contribution in [0.4, 0.5) is 15.2 Å². The molecule has 0 aliphatic carbocycles. The number of aromatic nitrogens is 1. The average Bonchev–Trinajstić information content (AvgIpc) is 3.03. The molecule has 0 spiro atoms. The van der Waals surface area contributed by atoms with Crippen molar-refractivity contribution in [2.45, 2.75) is 0 Å². The molecular formula is C16H10BrFN3O3S2-. The summed E-state index contributed by atoms with van der Waals surface area (Å²) >= 11 is 1.94. The fourth-order valence-corrected chi connectivity index (χ4v) is 3.56. The quantitative estimate of drug-likeness (QED) is 0.565. The third kappa shape index (κ3) is 4.52. The van der Waals surface area contributed by atoms with Crippen LogP contribution in [0.3, 0.4) is 0 Å². The number of nitrogens with zero attached hydrogens (tertiary/aromatic N) is 1. The molecule has 2 aromatic carbocycles. The lowest BCUT2D eigenvalue weighted by Crippen LogP contribution is -2.15. The summed E-state index contributed by atoms with van der Waals surface area (Å²) in [5.74, 6) is -1.27. The van der Waals surface area contributed by atoms with Gasteiger partial charge >= 0.3 is 0 Å². The highest BCUT2D eigenvalue weighted by Gasteiger charge is 2.15. The second-order valence-electron chi connectivity index (χ2n) is 5.02. The van der Waals surface area contributed by atoms with Crippen molar-refractivity contribution in [1.29, 1.82) is 0 Å². The van der Waals surface area contributed by atoms with Gasteiger partial charge in [-0.15, -0.1) is 0 Å². The van der Waals surface area contributed by atoms with Gasteiger partial charge in [0.25, 0.3) is 5.91 Å². The Balaban J connectivity index is 1.81. The van der Waals surface area contributed by atoms with Crippen LogP contribution in [-0.2, 0) is 11.3 Å². The lowest BCUT2D eigenvalue weighted by atomic mass is 10.1. The minimum absolute atomic E-state index is 0.0176. The van der Waals surface area contributed by atoms with Crippen LogP contribution < -0.4 is 10.0 Å². The molecule has 3 rings (SSSR count). The van der Waals surface area contributed by atoms with Crippen LogP contribution in [0.2, 0.25) is 0 Å². The maximum absolute atomic E-state index is 13.3. The van der Waals surface area contributed by atoms with Gasteiger partial charge in [-0.2, -0.15) is 0 Å². The van der Waals surface area contributed by atoms with Gasteiger partial charge in [-0.05, 0) is 35.9 Å². The highest BCUT2D eigenvalue weighted by atomic mass is 79.9. The Bertz CT molecular complexity index is 979. The molecular weight excluding hydrogens is 445 g/mol. The molecule has 0 aliphatic rings. The number of amides is 1. The molecule has 134 valence electrons. The van der Waals surface area contributed by atoms with E-state index in [2.05, 4.69) is 26.2 Å². The molecule has 1 aromatic heterocycles. The van der Waals surface area contributed by atoms with Gasteiger partial charge in [-0.1, -0.05) is 39.4 Å². The largest absolute Gasteiger partial charge is 0.755 e. The van der Waals surface area contributed by atoms with Crippen LogP contribution in [0.1, 0.15) is 10.4 Å². The number of nitrogens with one attached hydrogen (secondary N) is 2. The first kappa shape index (κ1) is 18.6. The Morgan fingerprint density at radius 1 is 1.23 bits per heavy atom. The van der Waals surface area contributed by atoms with E-state index in [9.17, 15) is 17.9 Å². The molecule has 0 radical (unpaired) electrons. The molecule has 0 bridgehead atoms. The van der Waals surface area contributed by atoms with Crippen molar-refractivity contribution in [3.63, 3.8) is 0 Å². The summed E-state index contributed by atoms with van der Waals surface area (Å²) in [7, 11) is 0. The molecule has 3 aromatic rings. The summed E-state index contributed by atoms with van der Waals surface area (Å²) < 4.78 is 37.9. The lowest BCUT2D eigenvalue weighted by molar-refractivity contribution is 0.102. The fraction of sp³-hybridized carbons (Fsp3) is 0. The van der Waals surface area contributed by atoms with E-state index < -0.39 is 23.0 Å². The van der Waals surface area contributed by atoms with Crippen molar-refractivity contribution in [1.82, 2.24) is 4.98 Å². The standard InChI is InChI=1S/C16H11BrFN3O3S2/c17-10-3-1-9(2-4-10)14-8-19-16(25-14)20-15(22)12-6-5-11(18)7-13(12)21-26(23)24/h1-8,21H,(H,23,24)(H,19,20,22)/p-1. The van der Waals surface area contributed by atoms with Gasteiger partial charge in [0.05, 0.1) is 16.1 Å². The minimum Gasteiger partial charge on any atom is -0.755 e. The summed E-state index contributed by atoms with van der Waals surface area (Å²) in [5.41, 5.74) is 0.772. The van der Waals surface area contributed by atoms with Crippen molar-refractivity contribution in [2.24, 2.45) is 0 Å². The number of rotatable bonds is 5. The van der Waals surface area contributed by atoms with E-state index in [4.69, 9.17) is 0 Å². The van der Waals surface area contributed by atoms with Crippen LogP contribution >= 0.6 is 27.3 Å². The summed E-state index contributed by atoms with van der Waals surface area (Å²) in [6.07, 6.45) is 1.63. The number of hydrogen-bond acceptors (Lipinski definition) is 5. The van der Waals surface area contributed by atoms with Gasteiger partial charge in [0.15, 0.2) is 5.13 Å². The van der Waals surface area contributed by atoms with Crippen LogP contribution in [0.15, 0.2) is 53.1 Å². The van der Waals surface area contributed by atoms with Gasteiger partial charge in [0.1, 0.15) is 5.82 Å². The van der Waals surface area contributed by atoms with E-state index in [0.717, 1.165) is 27.0 Å². The number of carbonyl (C=O) groups is 1. The Kier molecular flexibility index (Phi) is 5.77. The molecule has 0 fully saturated rings. The SMILES string of the molecule is O=C(Nc1ncc(-c2ccc(Br)cc2)s1)c1ccc(F)cc1NS(=O)[O-]. The van der Waals surface area contributed by atoms with Gasteiger partial charge < -0.3 is 9.27 Å². The summed E-state index contributed by atoms with van der Waals surface area (Å²) in [6, 6.07) is 10.8. The normalized spacial score (nSPS) is 11.8. The Morgan fingerprint density at radius 2 is 1.96 bits per heavy atom. The molecule has 1 atom stereocenters. The molecule has 2 N–H and O–H groups in total. The molecule has 0 aliphatic heterocycles. The minimum atomic E-state index is -2.68. The van der Waals surface area contributed by atoms with E-state index in [1.165, 1.54) is 17.4 Å². The second-order valence-corrected chi connectivity index (χ2v) is 7.64. The van der Waals surface area contributed by atoms with Gasteiger partial charge in [0, 0.05) is 21.9 Å². The Hall–Kier alpha value is -2.14. The number of halogens is 2. The van der Waals surface area contributed by atoms with Crippen molar-refractivity contribution < 1.29 is 17.9 Å². The number of anilines is 2. The third-order valence-electron chi connectivity index (χ3n) is 3.27. The van der Waals surface area contributed by atoms with Crippen molar-refractivity contribution in [3.8, 4) is 10.4 Å². The fourth-order valence-electron chi connectivity index (χ4n) is 2.13. The van der Waals surface area contributed by atoms with Gasteiger partial charge in [-0.25, -0.2) is 9.37 Å². The zero-order chi connectivity index (χ0) is 18.7. The highest BCUT2D eigenvalue weighted by Crippen LogP contribution is 2.30. The van der Waals surface area contributed by atoms with Crippen LogP contribution in [0.25, 0.3) is 10.4 Å². The molecule has 1 unspecified atom stereocenters. The Morgan fingerprint density at radius 3 is 2.65 bits per heavy atom. The van der Waals surface area contributed by atoms with Crippen molar-refractivity contribution >= 4 is 55.3 Å². The molecule has 26 heavy (non-hydrogen) atoms. The van der Waals surface area contributed by atoms with Crippen LogP contribution in [-0.4, -0.2) is 19.7 Å². The van der Waals surface area contributed by atoms with Crippen LogP contribution in [0, 0.1) is 5.82 Å². The number of benzene rings is 2. The highest BCUT2D eigenvalue weighted by molar-refractivity contribution is 9.10. The molecule has 0 saturated carbocycles. The van der Waals surface area contributed by atoms with Gasteiger partial charge in [-0.3, -0.25) is 14.3 Å². The number of carbonyl (C=O) groups excluding carboxylic acids is 1. The second kappa shape index (κ2) is 8.04. The predicted octanol–water partition coefficient (Wildman–Crippen LogP) is 4.17. The topological polar surface area (TPSA) is 94.2 Å². The average molecular weight is 455 g/mol. The first-order valence-corrected chi connectivity index (χ1v) is 9.79. The number of thiazole rings is 1. The molecule has 1 amide bonds. The van der Waals surface area contributed by atoms with E-state index in [0.29, 0.717) is 5.13 Å². The molecule has 10 heteroatoms. The lowest BCUT2D eigenvalue weighted by Gasteiger charge is -2.13. The van der Waals surface area contributed by atoms with E-state index >= 15 is 0 Å². The zero-order valence-electron chi connectivity index (χ0n) is 12.9. The summed E-state index contributed by atoms with van der Waals surface area (Å²) in [4.78, 5) is 17.4. The van der Waals surface area contributed by atoms with E-state index in [1.54, 1.807) is 6.20 Å². The van der Waals surface area contributed by atoms with Crippen molar-refractivity contribution in [2.75, 3.05) is 10.0 Å². The molecule has 1 heterocycles. The maximum atomic E-state index is 13.3. The summed E-state index contributed by atoms with van der Waals surface area (Å²) in [6.45, 7) is 0. The smallest absolute Gasteiger partial charge is 0.259 e. The zero-order valence-corrected chi connectivity index (χ0v) is 16.1. The van der Waals surface area contributed by atoms with E-state index in [-0.39, 0.29) is 11.3 Å². The number of hydrogen-bond donors (Lipinski definition) is 2. The predicted molar refractivity (Wildman–Crippen MR) is 102 cm³/mol. The summed E-state index contributed by atoms with van der Waals surface area (Å²) in [5, 5.41) is 2.93. The van der Waals surface area contributed by atoms with Crippen LogP contribution in [0.5, 0.6) is 0 Å². The first-order chi connectivity index (χ1) is 12.4. The molecule has 6 nitrogen and oxygen atoms in total. The maximum Gasteiger partial charge on any atom is 0.259 e. The van der Waals surface area contributed by atoms with Crippen molar-refractivity contribution in [3.05, 3.63) is 64.5 Å². The first-order valence-electron chi connectivity index (χ1n) is 7.11.